The Bertz CT molecular complexity index is 798. The number of aromatic amines is 1. The first-order valence-corrected chi connectivity index (χ1v) is 7.89. The number of amides is 1. The number of hydrogen-bond acceptors (Lipinski definition) is 3. The third-order valence-corrected chi connectivity index (χ3v) is 3.90. The van der Waals surface area contributed by atoms with Gasteiger partial charge in [0.2, 0.25) is 0 Å². The monoisotopic (exact) mass is 324 g/mol. The number of H-pyrrole nitrogens is 1. The van der Waals surface area contributed by atoms with Crippen molar-refractivity contribution in [1.82, 2.24) is 10.3 Å². The lowest BCUT2D eigenvalue weighted by molar-refractivity contribution is 0.129. The maximum atomic E-state index is 11.9. The van der Waals surface area contributed by atoms with Crippen LogP contribution < -0.4 is 5.32 Å². The van der Waals surface area contributed by atoms with Crippen LogP contribution in [0.4, 0.5) is 4.79 Å². The van der Waals surface area contributed by atoms with Gasteiger partial charge in [0.1, 0.15) is 6.61 Å². The van der Waals surface area contributed by atoms with Crippen LogP contribution in [0, 0.1) is 0 Å². The second kappa shape index (κ2) is 7.66. The van der Waals surface area contributed by atoms with E-state index in [-0.39, 0.29) is 13.2 Å². The van der Waals surface area contributed by atoms with Crippen molar-refractivity contribution >= 4 is 17.0 Å². The molecule has 0 aliphatic heterocycles. The van der Waals surface area contributed by atoms with E-state index in [0.29, 0.717) is 6.42 Å². The minimum atomic E-state index is -0.530. The quantitative estimate of drug-likeness (QED) is 0.652. The van der Waals surface area contributed by atoms with Crippen molar-refractivity contribution in [2.75, 3.05) is 6.61 Å². The van der Waals surface area contributed by atoms with Crippen LogP contribution >= 0.6 is 0 Å². The van der Waals surface area contributed by atoms with Gasteiger partial charge in [0.05, 0.1) is 12.6 Å². The SMILES string of the molecule is O=C(NC(CO)Cc1c[nH]c2ccccc12)OCc1ccccc1. The first kappa shape index (κ1) is 16.1. The number of rotatable bonds is 6. The molecule has 3 N–H and O–H groups in total. The Morgan fingerprint density at radius 1 is 1.12 bits per heavy atom. The van der Waals surface area contributed by atoms with Gasteiger partial charge in [-0.1, -0.05) is 48.5 Å². The molecular formula is C19H20N2O3. The molecule has 0 radical (unpaired) electrons. The molecule has 1 heterocycles. The second-order valence-electron chi connectivity index (χ2n) is 5.65. The van der Waals surface area contributed by atoms with E-state index in [1.54, 1.807) is 0 Å². The van der Waals surface area contributed by atoms with Gasteiger partial charge in [0, 0.05) is 17.1 Å². The first-order chi connectivity index (χ1) is 11.8. The molecule has 0 aliphatic rings. The zero-order valence-electron chi connectivity index (χ0n) is 13.2. The predicted molar refractivity (Wildman–Crippen MR) is 92.6 cm³/mol. The van der Waals surface area contributed by atoms with Gasteiger partial charge in [0.15, 0.2) is 0 Å². The zero-order valence-corrected chi connectivity index (χ0v) is 13.2. The van der Waals surface area contributed by atoms with E-state index < -0.39 is 12.1 Å². The van der Waals surface area contributed by atoms with Gasteiger partial charge in [-0.25, -0.2) is 4.79 Å². The van der Waals surface area contributed by atoms with E-state index in [4.69, 9.17) is 4.74 Å². The number of fused-ring (bicyclic) bond motifs is 1. The van der Waals surface area contributed by atoms with Gasteiger partial charge in [-0.15, -0.1) is 0 Å². The lowest BCUT2D eigenvalue weighted by Crippen LogP contribution is -2.39. The molecule has 5 nitrogen and oxygen atoms in total. The van der Waals surface area contributed by atoms with E-state index in [2.05, 4.69) is 10.3 Å². The molecule has 3 rings (SSSR count). The Morgan fingerprint density at radius 2 is 1.88 bits per heavy atom. The minimum absolute atomic E-state index is 0.153. The molecule has 0 saturated heterocycles. The molecule has 0 fully saturated rings. The molecule has 3 aromatic rings. The molecule has 24 heavy (non-hydrogen) atoms. The number of alkyl carbamates (subject to hydrolysis) is 1. The number of ether oxygens (including phenoxy) is 1. The summed E-state index contributed by atoms with van der Waals surface area (Å²) in [6, 6.07) is 17.0. The smallest absolute Gasteiger partial charge is 0.407 e. The molecule has 1 aromatic heterocycles. The van der Waals surface area contributed by atoms with E-state index >= 15 is 0 Å². The molecular weight excluding hydrogens is 304 g/mol. The largest absolute Gasteiger partial charge is 0.445 e. The summed E-state index contributed by atoms with van der Waals surface area (Å²) < 4.78 is 5.20. The number of para-hydroxylation sites is 1. The average Bonchev–Trinajstić information content (AvgIpc) is 3.03. The number of aromatic nitrogens is 1. The number of hydrogen-bond donors (Lipinski definition) is 3. The zero-order chi connectivity index (χ0) is 16.8. The molecule has 1 unspecified atom stereocenters. The summed E-state index contributed by atoms with van der Waals surface area (Å²) in [5.41, 5.74) is 3.01. The Balaban J connectivity index is 1.57. The van der Waals surface area contributed by atoms with Crippen molar-refractivity contribution in [3.05, 3.63) is 71.9 Å². The summed E-state index contributed by atoms with van der Waals surface area (Å²) in [6.45, 7) is 0.0534. The van der Waals surface area contributed by atoms with Crippen molar-refractivity contribution in [3.63, 3.8) is 0 Å². The number of nitrogens with one attached hydrogen (secondary N) is 2. The highest BCUT2D eigenvalue weighted by Crippen LogP contribution is 2.19. The Labute approximate surface area is 140 Å². The minimum Gasteiger partial charge on any atom is -0.445 e. The van der Waals surface area contributed by atoms with Gasteiger partial charge in [-0.05, 0) is 23.6 Å². The molecule has 2 aromatic carbocycles. The topological polar surface area (TPSA) is 74.4 Å². The van der Waals surface area contributed by atoms with Crippen LogP contribution in [0.15, 0.2) is 60.8 Å². The third kappa shape index (κ3) is 3.94. The van der Waals surface area contributed by atoms with Gasteiger partial charge in [0.25, 0.3) is 0 Å². The highest BCUT2D eigenvalue weighted by molar-refractivity contribution is 5.83. The Kier molecular flexibility index (Phi) is 5.13. The van der Waals surface area contributed by atoms with Crippen LogP contribution in [0.3, 0.4) is 0 Å². The van der Waals surface area contributed by atoms with Crippen molar-refractivity contribution in [3.8, 4) is 0 Å². The summed E-state index contributed by atoms with van der Waals surface area (Å²) in [5, 5.41) is 13.4. The summed E-state index contributed by atoms with van der Waals surface area (Å²) in [4.78, 5) is 15.1. The van der Waals surface area contributed by atoms with E-state index in [9.17, 15) is 9.90 Å². The summed E-state index contributed by atoms with van der Waals surface area (Å²) in [5.74, 6) is 0. The summed E-state index contributed by atoms with van der Waals surface area (Å²) in [6.07, 6.45) is 1.91. The Hall–Kier alpha value is -2.79. The number of aliphatic hydroxyl groups is 1. The predicted octanol–water partition coefficient (Wildman–Crippen LogP) is 3.00. The van der Waals surface area contributed by atoms with Gasteiger partial charge >= 0.3 is 6.09 Å². The molecule has 124 valence electrons. The van der Waals surface area contributed by atoms with Gasteiger partial charge in [-0.2, -0.15) is 0 Å². The first-order valence-electron chi connectivity index (χ1n) is 7.89. The highest BCUT2D eigenvalue weighted by atomic mass is 16.5. The van der Waals surface area contributed by atoms with Crippen LogP contribution in [0.1, 0.15) is 11.1 Å². The van der Waals surface area contributed by atoms with Crippen molar-refractivity contribution in [1.29, 1.82) is 0 Å². The van der Waals surface area contributed by atoms with E-state index in [1.807, 2.05) is 60.8 Å². The molecule has 0 bridgehead atoms. The normalized spacial score (nSPS) is 12.0. The lowest BCUT2D eigenvalue weighted by atomic mass is 10.1. The maximum Gasteiger partial charge on any atom is 0.407 e. The van der Waals surface area contributed by atoms with Crippen LogP contribution in [0.5, 0.6) is 0 Å². The molecule has 0 saturated carbocycles. The average molecular weight is 324 g/mol. The highest BCUT2D eigenvalue weighted by Gasteiger charge is 2.15. The Morgan fingerprint density at radius 3 is 2.67 bits per heavy atom. The molecule has 5 heteroatoms. The van der Waals surface area contributed by atoms with Crippen molar-refractivity contribution < 1.29 is 14.6 Å². The van der Waals surface area contributed by atoms with Gasteiger partial charge in [-0.3, -0.25) is 0 Å². The van der Waals surface area contributed by atoms with E-state index in [1.165, 1.54) is 0 Å². The molecule has 0 aliphatic carbocycles. The number of benzene rings is 2. The van der Waals surface area contributed by atoms with Crippen LogP contribution in [0.25, 0.3) is 10.9 Å². The number of carbonyl (C=O) groups excluding carboxylic acids is 1. The standard InChI is InChI=1S/C19H20N2O3/c22-12-16(10-15-11-20-18-9-5-4-8-17(15)18)21-19(23)24-13-14-6-2-1-3-7-14/h1-9,11,16,20,22H,10,12-13H2,(H,21,23). The fourth-order valence-electron chi connectivity index (χ4n) is 2.66. The number of aliphatic hydroxyl groups excluding tert-OH is 1. The molecule has 1 amide bonds. The fraction of sp³-hybridized carbons (Fsp3) is 0.211. The van der Waals surface area contributed by atoms with Gasteiger partial charge < -0.3 is 20.1 Å². The molecule has 1 atom stereocenters. The number of carbonyl (C=O) groups is 1. The molecule has 0 spiro atoms. The maximum absolute atomic E-state index is 11.9. The fourth-order valence-corrected chi connectivity index (χ4v) is 2.66. The van der Waals surface area contributed by atoms with Crippen LogP contribution in [-0.4, -0.2) is 28.8 Å². The van der Waals surface area contributed by atoms with Crippen molar-refractivity contribution in [2.45, 2.75) is 19.1 Å². The summed E-state index contributed by atoms with van der Waals surface area (Å²) in [7, 11) is 0. The van der Waals surface area contributed by atoms with Crippen LogP contribution in [-0.2, 0) is 17.8 Å². The lowest BCUT2D eigenvalue weighted by Gasteiger charge is -2.16. The third-order valence-electron chi connectivity index (χ3n) is 3.90. The van der Waals surface area contributed by atoms with E-state index in [0.717, 1.165) is 22.0 Å². The van der Waals surface area contributed by atoms with Crippen molar-refractivity contribution in [2.24, 2.45) is 0 Å². The van der Waals surface area contributed by atoms with Crippen LogP contribution in [0.2, 0.25) is 0 Å². The summed E-state index contributed by atoms with van der Waals surface area (Å²) >= 11 is 0. The second-order valence-corrected chi connectivity index (χ2v) is 5.65.